The molecule has 0 amide bonds. The third-order valence-corrected chi connectivity index (χ3v) is 3.84. The monoisotopic (exact) mass is 293 g/mol. The molecule has 0 radical (unpaired) electrons. The van der Waals surface area contributed by atoms with Crippen molar-refractivity contribution >= 4 is 11.6 Å². The normalized spacial score (nSPS) is 12.4. The lowest BCUT2D eigenvalue weighted by molar-refractivity contribution is 0.414. The topological polar surface area (TPSA) is 53.1 Å². The zero-order valence-electron chi connectivity index (χ0n) is 12.1. The lowest BCUT2D eigenvalue weighted by Crippen LogP contribution is -2.25. The van der Waals surface area contributed by atoms with Crippen LogP contribution in [0, 0.1) is 6.92 Å². The van der Waals surface area contributed by atoms with Crippen LogP contribution in [0.3, 0.4) is 0 Å². The number of methoxy groups -OCH3 is 1. The molecule has 20 heavy (non-hydrogen) atoms. The number of benzene rings is 1. The maximum absolute atomic E-state index is 6.24. The Kier molecular flexibility index (Phi) is 4.68. The van der Waals surface area contributed by atoms with Gasteiger partial charge in [0.05, 0.1) is 12.8 Å². The second-order valence-corrected chi connectivity index (χ2v) is 5.36. The number of nitrogens with zero attached hydrogens (tertiary/aromatic N) is 2. The smallest absolute Gasteiger partial charge is 0.130 e. The van der Waals surface area contributed by atoms with Gasteiger partial charge in [0.1, 0.15) is 10.9 Å². The molecule has 1 unspecified atom stereocenters. The van der Waals surface area contributed by atoms with Crippen molar-refractivity contribution in [1.82, 2.24) is 9.78 Å². The fourth-order valence-electron chi connectivity index (χ4n) is 2.34. The highest BCUT2D eigenvalue weighted by Gasteiger charge is 2.15. The van der Waals surface area contributed by atoms with E-state index in [0.29, 0.717) is 5.15 Å². The van der Waals surface area contributed by atoms with Gasteiger partial charge in [-0.3, -0.25) is 4.68 Å². The molecule has 0 saturated heterocycles. The van der Waals surface area contributed by atoms with Gasteiger partial charge in [-0.05, 0) is 37.5 Å². The Morgan fingerprint density at radius 1 is 1.40 bits per heavy atom. The van der Waals surface area contributed by atoms with Gasteiger partial charge in [0, 0.05) is 18.7 Å². The first-order chi connectivity index (χ1) is 9.51. The second kappa shape index (κ2) is 6.29. The number of halogens is 1. The van der Waals surface area contributed by atoms with Gasteiger partial charge in [0.15, 0.2) is 0 Å². The largest absolute Gasteiger partial charge is 0.497 e. The van der Waals surface area contributed by atoms with Crippen molar-refractivity contribution < 1.29 is 4.74 Å². The van der Waals surface area contributed by atoms with Gasteiger partial charge in [-0.25, -0.2) is 0 Å². The maximum Gasteiger partial charge on any atom is 0.130 e. The average Bonchev–Trinajstić information content (AvgIpc) is 2.65. The van der Waals surface area contributed by atoms with Crippen LogP contribution in [0.4, 0.5) is 0 Å². The molecule has 2 N–H and O–H groups in total. The Labute approximate surface area is 124 Å². The van der Waals surface area contributed by atoms with E-state index < -0.39 is 0 Å². The van der Waals surface area contributed by atoms with E-state index in [1.54, 1.807) is 11.8 Å². The predicted molar refractivity (Wildman–Crippen MR) is 81.3 cm³/mol. The molecular weight excluding hydrogens is 274 g/mol. The van der Waals surface area contributed by atoms with Gasteiger partial charge in [-0.15, -0.1) is 0 Å². The number of hydrogen-bond donors (Lipinski definition) is 1. The number of aryl methyl sites for hydroxylation is 2. The number of hydrogen-bond acceptors (Lipinski definition) is 3. The van der Waals surface area contributed by atoms with Crippen LogP contribution in [0.1, 0.15) is 16.8 Å². The molecule has 0 saturated carbocycles. The summed E-state index contributed by atoms with van der Waals surface area (Å²) in [4.78, 5) is 0. The van der Waals surface area contributed by atoms with E-state index in [1.807, 2.05) is 32.2 Å². The molecule has 5 heteroatoms. The lowest BCUT2D eigenvalue weighted by atomic mass is 10.00. The second-order valence-electron chi connectivity index (χ2n) is 5.00. The van der Waals surface area contributed by atoms with Crippen LogP contribution in [-0.2, 0) is 19.9 Å². The van der Waals surface area contributed by atoms with Crippen LogP contribution in [0.2, 0.25) is 5.15 Å². The summed E-state index contributed by atoms with van der Waals surface area (Å²) >= 11 is 6.23. The molecule has 1 aromatic carbocycles. The molecule has 0 bridgehead atoms. The van der Waals surface area contributed by atoms with Crippen molar-refractivity contribution in [1.29, 1.82) is 0 Å². The van der Waals surface area contributed by atoms with Gasteiger partial charge in [-0.2, -0.15) is 5.10 Å². The number of nitrogens with two attached hydrogens (primary N) is 1. The highest BCUT2D eigenvalue weighted by atomic mass is 35.5. The van der Waals surface area contributed by atoms with Gasteiger partial charge >= 0.3 is 0 Å². The van der Waals surface area contributed by atoms with Crippen molar-refractivity contribution in [3.8, 4) is 5.75 Å². The Balaban J connectivity index is 2.06. The average molecular weight is 294 g/mol. The minimum atomic E-state index is 0.00232. The summed E-state index contributed by atoms with van der Waals surface area (Å²) in [7, 11) is 3.50. The zero-order chi connectivity index (χ0) is 14.7. The first-order valence-corrected chi connectivity index (χ1v) is 6.95. The Morgan fingerprint density at radius 2 is 2.15 bits per heavy atom. The van der Waals surface area contributed by atoms with Crippen LogP contribution >= 0.6 is 11.6 Å². The predicted octanol–water partition coefficient (Wildman–Crippen LogP) is 2.50. The van der Waals surface area contributed by atoms with Crippen molar-refractivity contribution in [3.05, 3.63) is 46.2 Å². The summed E-state index contributed by atoms with van der Waals surface area (Å²) < 4.78 is 6.91. The highest BCUT2D eigenvalue weighted by molar-refractivity contribution is 6.30. The Bertz CT molecular complexity index is 595. The molecule has 0 aliphatic rings. The van der Waals surface area contributed by atoms with E-state index in [9.17, 15) is 0 Å². The van der Waals surface area contributed by atoms with E-state index in [2.05, 4.69) is 11.2 Å². The summed E-state index contributed by atoms with van der Waals surface area (Å²) in [6.45, 7) is 1.96. The molecule has 2 rings (SSSR count). The Morgan fingerprint density at radius 3 is 2.75 bits per heavy atom. The summed E-state index contributed by atoms with van der Waals surface area (Å²) in [5, 5.41) is 4.98. The van der Waals surface area contributed by atoms with E-state index in [4.69, 9.17) is 22.1 Å². The lowest BCUT2D eigenvalue weighted by Gasteiger charge is -2.12. The van der Waals surface area contributed by atoms with Gasteiger partial charge in [0.25, 0.3) is 0 Å². The van der Waals surface area contributed by atoms with Crippen molar-refractivity contribution in [2.45, 2.75) is 25.8 Å². The highest BCUT2D eigenvalue weighted by Crippen LogP contribution is 2.21. The van der Waals surface area contributed by atoms with Crippen LogP contribution in [-0.4, -0.2) is 22.9 Å². The standard InChI is InChI=1S/C15H20ClN3O/c1-10-14(15(16)19(2)18-10)9-12(17)7-11-5-4-6-13(8-11)20-3/h4-6,8,12H,7,9,17H2,1-3H3. The molecule has 1 atom stereocenters. The van der Waals surface area contributed by atoms with Gasteiger partial charge < -0.3 is 10.5 Å². The van der Waals surface area contributed by atoms with E-state index >= 15 is 0 Å². The number of aromatic nitrogens is 2. The van der Waals surface area contributed by atoms with Gasteiger partial charge in [-0.1, -0.05) is 23.7 Å². The molecule has 0 spiro atoms. The van der Waals surface area contributed by atoms with Crippen LogP contribution in [0.25, 0.3) is 0 Å². The summed E-state index contributed by atoms with van der Waals surface area (Å²) in [6, 6.07) is 7.97. The SMILES string of the molecule is COc1cccc(CC(N)Cc2c(C)nn(C)c2Cl)c1. The van der Waals surface area contributed by atoms with Crippen LogP contribution in [0.5, 0.6) is 5.75 Å². The third kappa shape index (κ3) is 3.32. The molecular formula is C15H20ClN3O. The van der Waals surface area contributed by atoms with Crippen LogP contribution in [0.15, 0.2) is 24.3 Å². The minimum Gasteiger partial charge on any atom is -0.497 e. The first kappa shape index (κ1) is 14.9. The molecule has 2 aromatic rings. The number of ether oxygens (including phenoxy) is 1. The molecule has 108 valence electrons. The zero-order valence-corrected chi connectivity index (χ0v) is 12.8. The fraction of sp³-hybridized carbons (Fsp3) is 0.400. The van der Waals surface area contributed by atoms with Crippen molar-refractivity contribution in [3.63, 3.8) is 0 Å². The van der Waals surface area contributed by atoms with Crippen molar-refractivity contribution in [2.24, 2.45) is 12.8 Å². The van der Waals surface area contributed by atoms with Gasteiger partial charge in [0.2, 0.25) is 0 Å². The minimum absolute atomic E-state index is 0.00232. The molecule has 0 aliphatic heterocycles. The molecule has 0 fully saturated rings. The molecule has 0 aliphatic carbocycles. The first-order valence-electron chi connectivity index (χ1n) is 6.57. The van der Waals surface area contributed by atoms with E-state index in [-0.39, 0.29) is 6.04 Å². The quantitative estimate of drug-likeness (QED) is 0.921. The molecule has 1 aromatic heterocycles. The third-order valence-electron chi connectivity index (χ3n) is 3.37. The summed E-state index contributed by atoms with van der Waals surface area (Å²) in [5.41, 5.74) is 9.38. The number of rotatable bonds is 5. The van der Waals surface area contributed by atoms with E-state index in [0.717, 1.165) is 35.4 Å². The molecule has 1 heterocycles. The summed E-state index contributed by atoms with van der Waals surface area (Å²) in [6.07, 6.45) is 1.50. The van der Waals surface area contributed by atoms with Crippen molar-refractivity contribution in [2.75, 3.05) is 7.11 Å². The maximum atomic E-state index is 6.24. The fourth-order valence-corrected chi connectivity index (χ4v) is 2.59. The molecule has 4 nitrogen and oxygen atoms in total. The van der Waals surface area contributed by atoms with E-state index in [1.165, 1.54) is 0 Å². The Hall–Kier alpha value is -1.52. The van der Waals surface area contributed by atoms with Crippen LogP contribution < -0.4 is 10.5 Å². The summed E-state index contributed by atoms with van der Waals surface area (Å²) in [5.74, 6) is 0.852.